The number of piperazine rings is 1. The van der Waals surface area contributed by atoms with Gasteiger partial charge in [-0.1, -0.05) is 0 Å². The summed E-state index contributed by atoms with van der Waals surface area (Å²) in [5.74, 6) is 0.826. The molecule has 2 atom stereocenters. The molecule has 0 saturated carbocycles. The Bertz CT molecular complexity index is 689. The van der Waals surface area contributed by atoms with Crippen LogP contribution in [0.1, 0.15) is 25.3 Å². The third-order valence-electron chi connectivity index (χ3n) is 5.15. The van der Waals surface area contributed by atoms with Crippen LogP contribution in [-0.2, 0) is 16.4 Å². The standard InChI is InChI=1S/C16H22N2O3S/c1-12-10-17-7-2-3-14(17)11-18(12)22(19,20)15-4-5-16-13(9-15)6-8-21-16/h4-5,9,12,14H,2-3,6-8,10-11H2,1H3/t12-,14+/m1/s1. The van der Waals surface area contributed by atoms with Gasteiger partial charge in [0.05, 0.1) is 11.5 Å². The van der Waals surface area contributed by atoms with Gasteiger partial charge in [0.25, 0.3) is 0 Å². The zero-order chi connectivity index (χ0) is 15.3. The molecule has 0 aliphatic carbocycles. The summed E-state index contributed by atoms with van der Waals surface area (Å²) in [6.45, 7) is 5.24. The van der Waals surface area contributed by atoms with Crippen LogP contribution in [0.2, 0.25) is 0 Å². The molecule has 1 aromatic carbocycles. The van der Waals surface area contributed by atoms with E-state index in [0.717, 1.165) is 37.2 Å². The molecule has 5 nitrogen and oxygen atoms in total. The van der Waals surface area contributed by atoms with Crippen molar-refractivity contribution in [3.05, 3.63) is 23.8 Å². The largest absolute Gasteiger partial charge is 0.493 e. The fourth-order valence-electron chi connectivity index (χ4n) is 3.95. The first kappa shape index (κ1) is 14.5. The highest BCUT2D eigenvalue weighted by Crippen LogP contribution is 2.32. The number of hydrogen-bond acceptors (Lipinski definition) is 4. The molecule has 2 fully saturated rings. The molecule has 120 valence electrons. The highest BCUT2D eigenvalue weighted by Gasteiger charge is 2.40. The maximum absolute atomic E-state index is 13.1. The van der Waals surface area contributed by atoms with E-state index in [-0.39, 0.29) is 6.04 Å². The summed E-state index contributed by atoms with van der Waals surface area (Å²) in [6.07, 6.45) is 3.09. The van der Waals surface area contributed by atoms with E-state index in [0.29, 0.717) is 24.1 Å². The average Bonchev–Trinajstić information content (AvgIpc) is 3.13. The summed E-state index contributed by atoms with van der Waals surface area (Å²) in [4.78, 5) is 2.85. The molecular weight excluding hydrogens is 300 g/mol. The summed E-state index contributed by atoms with van der Waals surface area (Å²) in [6, 6.07) is 5.71. The second-order valence-electron chi connectivity index (χ2n) is 6.58. The van der Waals surface area contributed by atoms with Crippen molar-refractivity contribution in [1.29, 1.82) is 0 Å². The average molecular weight is 322 g/mol. The van der Waals surface area contributed by atoms with Crippen molar-refractivity contribution >= 4 is 10.0 Å². The van der Waals surface area contributed by atoms with Gasteiger partial charge in [0.2, 0.25) is 10.0 Å². The van der Waals surface area contributed by atoms with Gasteiger partial charge in [-0.2, -0.15) is 4.31 Å². The number of benzene rings is 1. The summed E-state index contributed by atoms with van der Waals surface area (Å²) < 4.78 is 33.3. The van der Waals surface area contributed by atoms with E-state index in [1.165, 1.54) is 6.42 Å². The predicted octanol–water partition coefficient (Wildman–Crippen LogP) is 1.48. The maximum Gasteiger partial charge on any atom is 0.243 e. The molecule has 0 unspecified atom stereocenters. The van der Waals surface area contributed by atoms with Gasteiger partial charge in [-0.3, -0.25) is 4.90 Å². The molecule has 0 aromatic heterocycles. The van der Waals surface area contributed by atoms with E-state index in [4.69, 9.17) is 4.74 Å². The Morgan fingerprint density at radius 2 is 2.14 bits per heavy atom. The molecule has 6 heteroatoms. The lowest BCUT2D eigenvalue weighted by Crippen LogP contribution is -2.56. The summed E-state index contributed by atoms with van der Waals surface area (Å²) in [7, 11) is -3.42. The van der Waals surface area contributed by atoms with Crippen LogP contribution in [0.4, 0.5) is 0 Å². The molecule has 22 heavy (non-hydrogen) atoms. The van der Waals surface area contributed by atoms with Crippen LogP contribution in [0.25, 0.3) is 0 Å². The fourth-order valence-corrected chi connectivity index (χ4v) is 5.66. The lowest BCUT2D eigenvalue weighted by Gasteiger charge is -2.41. The van der Waals surface area contributed by atoms with Gasteiger partial charge in [0, 0.05) is 31.6 Å². The minimum absolute atomic E-state index is 0.0313. The minimum Gasteiger partial charge on any atom is -0.493 e. The van der Waals surface area contributed by atoms with E-state index >= 15 is 0 Å². The second kappa shape index (κ2) is 5.22. The Morgan fingerprint density at radius 3 is 3.00 bits per heavy atom. The zero-order valence-corrected chi connectivity index (χ0v) is 13.7. The Hall–Kier alpha value is -1.11. The Kier molecular flexibility index (Phi) is 3.43. The lowest BCUT2D eigenvalue weighted by molar-refractivity contribution is 0.117. The molecule has 2 saturated heterocycles. The van der Waals surface area contributed by atoms with Crippen LogP contribution in [-0.4, -0.2) is 55.9 Å². The molecule has 0 radical (unpaired) electrons. The lowest BCUT2D eigenvalue weighted by atomic mass is 10.1. The van der Waals surface area contributed by atoms with Crippen molar-refractivity contribution in [1.82, 2.24) is 9.21 Å². The first-order valence-electron chi connectivity index (χ1n) is 8.07. The molecule has 0 N–H and O–H groups in total. The molecular formula is C16H22N2O3S. The summed E-state index contributed by atoms with van der Waals surface area (Å²) in [5, 5.41) is 0. The van der Waals surface area contributed by atoms with Crippen LogP contribution >= 0.6 is 0 Å². The maximum atomic E-state index is 13.1. The van der Waals surface area contributed by atoms with Gasteiger partial charge >= 0.3 is 0 Å². The van der Waals surface area contributed by atoms with Crippen LogP contribution < -0.4 is 4.74 Å². The highest BCUT2D eigenvalue weighted by molar-refractivity contribution is 7.89. The number of hydrogen-bond donors (Lipinski definition) is 0. The summed E-state index contributed by atoms with van der Waals surface area (Å²) >= 11 is 0. The molecule has 0 spiro atoms. The topological polar surface area (TPSA) is 49.9 Å². The van der Waals surface area contributed by atoms with E-state index in [1.807, 2.05) is 6.92 Å². The zero-order valence-electron chi connectivity index (χ0n) is 12.9. The van der Waals surface area contributed by atoms with E-state index < -0.39 is 10.0 Å². The van der Waals surface area contributed by atoms with Crippen molar-refractivity contribution in [2.24, 2.45) is 0 Å². The van der Waals surface area contributed by atoms with Gasteiger partial charge in [-0.05, 0) is 50.1 Å². The van der Waals surface area contributed by atoms with E-state index in [2.05, 4.69) is 4.90 Å². The number of sulfonamides is 1. The normalized spacial score (nSPS) is 29.1. The van der Waals surface area contributed by atoms with Gasteiger partial charge in [-0.15, -0.1) is 0 Å². The quantitative estimate of drug-likeness (QED) is 0.827. The third kappa shape index (κ3) is 2.25. The van der Waals surface area contributed by atoms with Crippen molar-refractivity contribution in [3.8, 4) is 5.75 Å². The monoisotopic (exact) mass is 322 g/mol. The van der Waals surface area contributed by atoms with E-state index in [1.54, 1.807) is 22.5 Å². The van der Waals surface area contributed by atoms with E-state index in [9.17, 15) is 8.42 Å². The van der Waals surface area contributed by atoms with Gasteiger partial charge < -0.3 is 4.74 Å². The molecule has 3 heterocycles. The first-order valence-corrected chi connectivity index (χ1v) is 9.51. The van der Waals surface area contributed by atoms with Gasteiger partial charge in [-0.25, -0.2) is 8.42 Å². The van der Waals surface area contributed by atoms with Crippen molar-refractivity contribution in [2.45, 2.75) is 43.2 Å². The molecule has 0 bridgehead atoms. The first-order chi connectivity index (χ1) is 10.6. The smallest absolute Gasteiger partial charge is 0.243 e. The van der Waals surface area contributed by atoms with Gasteiger partial charge in [0.15, 0.2) is 0 Å². The number of ether oxygens (including phenoxy) is 1. The Balaban J connectivity index is 1.65. The molecule has 1 aromatic rings. The van der Waals surface area contributed by atoms with Crippen LogP contribution in [0.15, 0.2) is 23.1 Å². The predicted molar refractivity (Wildman–Crippen MR) is 83.6 cm³/mol. The van der Waals surface area contributed by atoms with Crippen LogP contribution in [0, 0.1) is 0 Å². The fraction of sp³-hybridized carbons (Fsp3) is 0.625. The molecule has 3 aliphatic heterocycles. The van der Waals surface area contributed by atoms with Crippen LogP contribution in [0.3, 0.4) is 0 Å². The number of rotatable bonds is 2. The van der Waals surface area contributed by atoms with Crippen molar-refractivity contribution < 1.29 is 13.2 Å². The number of nitrogens with zero attached hydrogens (tertiary/aromatic N) is 2. The second-order valence-corrected chi connectivity index (χ2v) is 8.47. The van der Waals surface area contributed by atoms with Crippen molar-refractivity contribution in [3.63, 3.8) is 0 Å². The summed E-state index contributed by atoms with van der Waals surface area (Å²) in [5.41, 5.74) is 1.01. The highest BCUT2D eigenvalue weighted by atomic mass is 32.2. The number of fused-ring (bicyclic) bond motifs is 2. The SMILES string of the molecule is C[C@@H]1CN2CCC[C@H]2CN1S(=O)(=O)c1ccc2c(c1)CCO2. The molecule has 0 amide bonds. The van der Waals surface area contributed by atoms with Gasteiger partial charge in [0.1, 0.15) is 5.75 Å². The van der Waals surface area contributed by atoms with Crippen molar-refractivity contribution in [2.75, 3.05) is 26.2 Å². The minimum atomic E-state index is -3.42. The molecule has 4 rings (SSSR count). The third-order valence-corrected chi connectivity index (χ3v) is 7.12. The molecule has 3 aliphatic rings. The Morgan fingerprint density at radius 1 is 1.27 bits per heavy atom. The van der Waals surface area contributed by atoms with Crippen LogP contribution in [0.5, 0.6) is 5.75 Å². The Labute approximate surface area is 131 Å².